The van der Waals surface area contributed by atoms with Gasteiger partial charge >= 0.3 is 10.5 Å². The summed E-state index contributed by atoms with van der Waals surface area (Å²) in [6, 6.07) is 2.52. The van der Waals surface area contributed by atoms with E-state index in [1.54, 1.807) is 0 Å². The Morgan fingerprint density at radius 2 is 1.00 bits per heavy atom. The quantitative estimate of drug-likeness (QED) is 0.0901. The summed E-state index contributed by atoms with van der Waals surface area (Å²) in [6.45, 7) is 0. The number of halogens is 8. The SMILES string of the molecule is O=[N+]([O-])c1cc(S(=O)(=O)C(F)(F)[C@@H](F)Cl)ccc1SSc1ccc(S(=O)(=O)C(F)(F)[C@@H](F)Cl)cc1[N+](=O)[O-]. The standard InChI is InChI=1S/C16H8Cl2F6N2O8S4/c17-13(19)15(21,22)37(31,32)7-1-3-11(9(5-7)25(27)28)35-36-12-4-2-8(6-10(12)26(29)30)38(33,34)16(23,24)14(18)20/h1-6,13-14H/t13-,14-/m1/s1. The van der Waals surface area contributed by atoms with Crippen LogP contribution in [-0.2, 0) is 19.7 Å². The maximum Gasteiger partial charge on any atom is 0.393 e. The molecule has 0 amide bonds. The van der Waals surface area contributed by atoms with Gasteiger partial charge in [-0.2, -0.15) is 17.6 Å². The van der Waals surface area contributed by atoms with Gasteiger partial charge in [0.05, 0.1) is 29.4 Å². The van der Waals surface area contributed by atoms with E-state index in [2.05, 4.69) is 23.2 Å². The van der Waals surface area contributed by atoms with Crippen molar-refractivity contribution in [1.82, 2.24) is 0 Å². The van der Waals surface area contributed by atoms with Crippen molar-refractivity contribution in [3.8, 4) is 0 Å². The van der Waals surface area contributed by atoms with Crippen molar-refractivity contribution in [2.24, 2.45) is 0 Å². The third-order valence-corrected chi connectivity index (χ3v) is 11.2. The molecule has 0 aliphatic carbocycles. The molecule has 0 spiro atoms. The zero-order chi connectivity index (χ0) is 29.4. The predicted molar refractivity (Wildman–Crippen MR) is 124 cm³/mol. The van der Waals surface area contributed by atoms with E-state index in [0.717, 1.165) is 0 Å². The van der Waals surface area contributed by atoms with Crippen LogP contribution in [0.15, 0.2) is 56.0 Å². The van der Waals surface area contributed by atoms with Crippen molar-refractivity contribution in [2.45, 2.75) is 41.4 Å². The fourth-order valence-corrected chi connectivity index (χ4v) is 7.47. The van der Waals surface area contributed by atoms with Crippen LogP contribution in [0.1, 0.15) is 0 Å². The Balaban J connectivity index is 2.49. The van der Waals surface area contributed by atoms with Crippen LogP contribution >= 0.6 is 44.8 Å². The molecule has 0 aromatic heterocycles. The number of hydrogen-bond donors (Lipinski definition) is 0. The minimum Gasteiger partial charge on any atom is -0.258 e. The lowest BCUT2D eigenvalue weighted by Crippen LogP contribution is -2.36. The summed E-state index contributed by atoms with van der Waals surface area (Å²) in [6.07, 6.45) is 0. The Morgan fingerprint density at radius 3 is 1.24 bits per heavy atom. The average molecular weight is 669 g/mol. The lowest BCUT2D eigenvalue weighted by molar-refractivity contribution is -0.388. The van der Waals surface area contributed by atoms with E-state index in [1.807, 2.05) is 0 Å². The van der Waals surface area contributed by atoms with Crippen molar-refractivity contribution < 1.29 is 53.0 Å². The molecular weight excluding hydrogens is 661 g/mol. The van der Waals surface area contributed by atoms with E-state index < -0.39 is 82.2 Å². The monoisotopic (exact) mass is 668 g/mol. The predicted octanol–water partition coefficient (Wildman–Crippen LogP) is 6.10. The van der Waals surface area contributed by atoms with Crippen LogP contribution in [0.2, 0.25) is 0 Å². The minimum absolute atomic E-state index is 0.164. The summed E-state index contributed by atoms with van der Waals surface area (Å²) in [5.74, 6) is 0. The van der Waals surface area contributed by atoms with E-state index in [0.29, 0.717) is 45.9 Å². The highest BCUT2D eigenvalue weighted by Gasteiger charge is 2.54. The maximum absolute atomic E-state index is 13.7. The first-order valence-electron chi connectivity index (χ1n) is 8.92. The molecule has 0 aliphatic heterocycles. The zero-order valence-corrected chi connectivity index (χ0v) is 22.2. The highest BCUT2D eigenvalue weighted by atomic mass is 35.5. The second-order valence-corrected chi connectivity index (χ2v) is 13.7. The van der Waals surface area contributed by atoms with Gasteiger partial charge in [-0.3, -0.25) is 20.2 Å². The summed E-state index contributed by atoms with van der Waals surface area (Å²) in [5, 5.41) is 12.5. The summed E-state index contributed by atoms with van der Waals surface area (Å²) >= 11 is 9.16. The van der Waals surface area contributed by atoms with Crippen molar-refractivity contribution in [3.63, 3.8) is 0 Å². The fraction of sp³-hybridized carbons (Fsp3) is 0.250. The number of alkyl halides is 8. The van der Waals surface area contributed by atoms with Crippen LogP contribution < -0.4 is 0 Å². The molecule has 22 heteroatoms. The Hall–Kier alpha value is -2.00. The van der Waals surface area contributed by atoms with E-state index in [4.69, 9.17) is 0 Å². The molecule has 0 saturated carbocycles. The largest absolute Gasteiger partial charge is 0.393 e. The van der Waals surface area contributed by atoms with Gasteiger partial charge in [0.1, 0.15) is 0 Å². The number of nitro benzene ring substituents is 2. The molecule has 0 fully saturated rings. The summed E-state index contributed by atoms with van der Waals surface area (Å²) in [4.78, 5) is 16.7. The van der Waals surface area contributed by atoms with Crippen LogP contribution in [0, 0.1) is 20.2 Å². The third-order valence-electron chi connectivity index (χ3n) is 4.32. The topological polar surface area (TPSA) is 155 Å². The zero-order valence-electron chi connectivity index (χ0n) is 17.4. The van der Waals surface area contributed by atoms with Gasteiger partial charge < -0.3 is 0 Å². The van der Waals surface area contributed by atoms with Crippen molar-refractivity contribution in [1.29, 1.82) is 0 Å². The van der Waals surface area contributed by atoms with Crippen LogP contribution in [0.3, 0.4) is 0 Å². The van der Waals surface area contributed by atoms with Crippen molar-refractivity contribution in [3.05, 3.63) is 56.6 Å². The molecule has 2 aromatic rings. The van der Waals surface area contributed by atoms with Crippen LogP contribution in [0.5, 0.6) is 0 Å². The smallest absolute Gasteiger partial charge is 0.258 e. The molecule has 2 atom stereocenters. The maximum atomic E-state index is 13.7. The Morgan fingerprint density at radius 1 is 0.711 bits per heavy atom. The molecule has 38 heavy (non-hydrogen) atoms. The Kier molecular flexibility index (Phi) is 9.53. The molecular formula is C16H8Cl2F6N2O8S4. The lowest BCUT2D eigenvalue weighted by Gasteiger charge is -2.17. The summed E-state index contributed by atoms with van der Waals surface area (Å²) < 4.78 is 129. The number of nitrogens with zero attached hydrogens (tertiary/aromatic N) is 2. The van der Waals surface area contributed by atoms with Crippen LogP contribution in [0.4, 0.5) is 37.7 Å². The summed E-state index contributed by atoms with van der Waals surface area (Å²) in [7, 11) is -11.0. The molecule has 2 aromatic carbocycles. The van der Waals surface area contributed by atoms with Gasteiger partial charge in [0.25, 0.3) is 22.6 Å². The fourth-order valence-electron chi connectivity index (χ4n) is 2.39. The number of benzene rings is 2. The third kappa shape index (κ3) is 5.93. The van der Waals surface area contributed by atoms with E-state index in [9.17, 15) is 63.4 Å². The number of nitro groups is 2. The molecule has 0 heterocycles. The summed E-state index contributed by atoms with van der Waals surface area (Å²) in [5.41, 5.74) is -9.60. The van der Waals surface area contributed by atoms with Crippen molar-refractivity contribution in [2.75, 3.05) is 0 Å². The van der Waals surface area contributed by atoms with Gasteiger partial charge in [-0.1, -0.05) is 23.2 Å². The van der Waals surface area contributed by atoms with Gasteiger partial charge in [-0.05, 0) is 45.9 Å². The normalized spacial score (nSPS) is 14.6. The molecule has 0 unspecified atom stereocenters. The lowest BCUT2D eigenvalue weighted by atomic mass is 10.3. The van der Waals surface area contributed by atoms with E-state index in [1.165, 1.54) is 0 Å². The van der Waals surface area contributed by atoms with Gasteiger partial charge in [-0.15, -0.1) is 0 Å². The van der Waals surface area contributed by atoms with Gasteiger partial charge in [0.2, 0.25) is 19.7 Å². The first kappa shape index (κ1) is 32.2. The van der Waals surface area contributed by atoms with E-state index >= 15 is 0 Å². The first-order valence-corrected chi connectivity index (χ1v) is 14.9. The molecule has 0 N–H and O–H groups in total. The Bertz CT molecular complexity index is 1380. The molecule has 0 aliphatic rings. The van der Waals surface area contributed by atoms with E-state index in [-0.39, 0.29) is 12.1 Å². The van der Waals surface area contributed by atoms with Crippen LogP contribution in [-0.4, -0.2) is 48.5 Å². The number of sulfone groups is 2. The first-order chi connectivity index (χ1) is 17.2. The van der Waals surface area contributed by atoms with Crippen molar-refractivity contribution >= 4 is 75.8 Å². The second kappa shape index (κ2) is 11.2. The Labute approximate surface area is 226 Å². The minimum atomic E-state index is -5.84. The average Bonchev–Trinajstić information content (AvgIpc) is 2.81. The molecule has 2 rings (SSSR count). The van der Waals surface area contributed by atoms with Gasteiger partial charge in [0, 0.05) is 12.1 Å². The molecule has 210 valence electrons. The molecule has 10 nitrogen and oxygen atoms in total. The van der Waals surface area contributed by atoms with Crippen LogP contribution in [0.25, 0.3) is 0 Å². The van der Waals surface area contributed by atoms with Gasteiger partial charge in [0.15, 0.2) is 0 Å². The molecule has 0 bridgehead atoms. The number of rotatable bonds is 11. The highest BCUT2D eigenvalue weighted by molar-refractivity contribution is 8.76. The molecule has 0 radical (unpaired) electrons. The highest BCUT2D eigenvalue weighted by Crippen LogP contribution is 2.47. The second-order valence-electron chi connectivity index (χ2n) is 6.67. The number of hydrogen-bond acceptors (Lipinski definition) is 10. The van der Waals surface area contributed by atoms with Gasteiger partial charge in [-0.25, -0.2) is 25.6 Å². The molecule has 0 saturated heterocycles.